The Morgan fingerprint density at radius 3 is 1.98 bits per heavy atom. The van der Waals surface area contributed by atoms with Crippen molar-refractivity contribution < 1.29 is 0 Å². The number of rotatable bonds is 5. The molecule has 4 heteroatoms. The van der Waals surface area contributed by atoms with Gasteiger partial charge in [0, 0.05) is 36.5 Å². The highest BCUT2D eigenvalue weighted by Gasteiger charge is 2.17. The molecule has 9 aromatic rings. The third-order valence-corrected chi connectivity index (χ3v) is 11.1. The van der Waals surface area contributed by atoms with E-state index in [0.29, 0.717) is 0 Å². The third kappa shape index (κ3) is 4.76. The van der Waals surface area contributed by atoms with Gasteiger partial charge in [-0.3, -0.25) is 4.99 Å². The van der Waals surface area contributed by atoms with E-state index in [1.54, 1.807) is 0 Å². The molecule has 1 aliphatic rings. The van der Waals surface area contributed by atoms with Gasteiger partial charge < -0.3 is 9.88 Å². The zero-order valence-electron chi connectivity index (χ0n) is 27.1. The number of benzene rings is 7. The molecule has 50 heavy (non-hydrogen) atoms. The molecule has 1 atom stereocenters. The van der Waals surface area contributed by atoms with E-state index in [2.05, 4.69) is 168 Å². The number of aliphatic imine (C=N–C) groups is 1. The van der Waals surface area contributed by atoms with Crippen LogP contribution in [0.1, 0.15) is 11.9 Å². The summed E-state index contributed by atoms with van der Waals surface area (Å²) >= 11 is 1.87. The summed E-state index contributed by atoms with van der Waals surface area (Å²) in [5.74, 6) is 0. The molecular formula is C46H30N3S-. The molecule has 2 aromatic heterocycles. The van der Waals surface area contributed by atoms with E-state index < -0.39 is 6.29 Å². The Balaban J connectivity index is 1.04. The van der Waals surface area contributed by atoms with Crippen LogP contribution >= 0.6 is 11.3 Å². The minimum absolute atomic E-state index is 0.421. The first-order chi connectivity index (χ1) is 24.8. The number of allylic oxidation sites excluding steroid dienone is 1. The van der Waals surface area contributed by atoms with E-state index in [0.717, 1.165) is 22.3 Å². The van der Waals surface area contributed by atoms with Gasteiger partial charge in [0.25, 0.3) is 0 Å². The lowest BCUT2D eigenvalue weighted by Crippen LogP contribution is -2.11. The van der Waals surface area contributed by atoms with Crippen LogP contribution in [0.4, 0.5) is 0 Å². The van der Waals surface area contributed by atoms with Gasteiger partial charge in [0.1, 0.15) is 0 Å². The standard InChI is InChI=1S/C46H30N3S/c1-2-10-30(11-3-1)33-12-8-13-34(28-33)31-20-22-32(23-21-31)41-26-27-47-46(48-41)49-42-18-6-4-14-37(42)38-25-24-35(29-43(38)49)36-16-9-17-40-39-15-5-7-19-44(39)50-45(36)40/h1-29,46H/q-1. The van der Waals surface area contributed by atoms with Gasteiger partial charge in [0.15, 0.2) is 0 Å². The maximum Gasteiger partial charge on any atom is 0.0635 e. The third-order valence-electron chi connectivity index (χ3n) is 9.85. The van der Waals surface area contributed by atoms with E-state index in [1.807, 2.05) is 23.6 Å². The number of hydrogen-bond donors (Lipinski definition) is 0. The Morgan fingerprint density at radius 2 is 1.12 bits per heavy atom. The molecule has 10 rings (SSSR count). The molecular weight excluding hydrogens is 627 g/mol. The van der Waals surface area contributed by atoms with Gasteiger partial charge in [0.2, 0.25) is 0 Å². The molecule has 0 saturated carbocycles. The van der Waals surface area contributed by atoms with Crippen LogP contribution in [-0.2, 0) is 0 Å². The molecule has 7 aromatic carbocycles. The molecule has 0 amide bonds. The van der Waals surface area contributed by atoms with E-state index in [-0.39, 0.29) is 0 Å². The first-order valence-corrected chi connectivity index (χ1v) is 17.7. The van der Waals surface area contributed by atoms with Crippen LogP contribution in [0.3, 0.4) is 0 Å². The fourth-order valence-corrected chi connectivity index (χ4v) is 8.66. The average molecular weight is 657 g/mol. The highest BCUT2D eigenvalue weighted by Crippen LogP contribution is 2.42. The normalized spacial score (nSPS) is 14.4. The molecule has 1 aliphatic heterocycles. The fourth-order valence-electron chi connectivity index (χ4n) is 7.42. The SMILES string of the molecule is C1=CC(c2ccc(-c3cccc(-c4ccccc4)c3)cc2)=NC(n2c3ccccc3c3ccc(-c4cccc5c4sc4ccccc45)cc32)[N-]1. The lowest BCUT2D eigenvalue weighted by molar-refractivity contribution is 0.655. The van der Waals surface area contributed by atoms with Crippen molar-refractivity contribution in [1.29, 1.82) is 0 Å². The van der Waals surface area contributed by atoms with Crippen molar-refractivity contribution in [2.75, 3.05) is 0 Å². The van der Waals surface area contributed by atoms with E-state index in [4.69, 9.17) is 10.3 Å². The summed E-state index contributed by atoms with van der Waals surface area (Å²) in [5.41, 5.74) is 11.5. The smallest absolute Gasteiger partial charge is 0.0635 e. The Hall–Kier alpha value is -6.23. The molecule has 0 fully saturated rings. The highest BCUT2D eigenvalue weighted by molar-refractivity contribution is 7.26. The second-order valence-corrected chi connectivity index (χ2v) is 13.8. The number of aromatic nitrogens is 1. The Bertz CT molecular complexity index is 2780. The maximum atomic E-state index is 5.26. The number of hydrogen-bond acceptors (Lipinski definition) is 2. The van der Waals surface area contributed by atoms with E-state index in [9.17, 15) is 0 Å². The summed E-state index contributed by atoms with van der Waals surface area (Å²) in [6.45, 7) is 0. The molecule has 0 N–H and O–H groups in total. The Morgan fingerprint density at radius 1 is 0.480 bits per heavy atom. The van der Waals surface area contributed by atoms with Gasteiger partial charge in [-0.05, 0) is 63.2 Å². The minimum atomic E-state index is -0.421. The fraction of sp³-hybridized carbons (Fsp3) is 0.0217. The van der Waals surface area contributed by atoms with Gasteiger partial charge >= 0.3 is 0 Å². The van der Waals surface area contributed by atoms with Crippen molar-refractivity contribution in [2.45, 2.75) is 6.29 Å². The van der Waals surface area contributed by atoms with Crippen LogP contribution in [0.2, 0.25) is 0 Å². The number of para-hydroxylation sites is 1. The lowest BCUT2D eigenvalue weighted by Gasteiger charge is -2.33. The predicted octanol–water partition coefficient (Wildman–Crippen LogP) is 13.0. The van der Waals surface area contributed by atoms with Crippen LogP contribution in [0.25, 0.3) is 80.7 Å². The molecule has 0 saturated heterocycles. The van der Waals surface area contributed by atoms with Gasteiger partial charge in [-0.1, -0.05) is 146 Å². The Kier molecular flexibility index (Phi) is 6.74. The second-order valence-electron chi connectivity index (χ2n) is 12.7. The minimum Gasteiger partial charge on any atom is -0.652 e. The van der Waals surface area contributed by atoms with Gasteiger partial charge in [-0.2, -0.15) is 6.20 Å². The summed E-state index contributed by atoms with van der Waals surface area (Å²) in [6.07, 6.45) is 3.50. The van der Waals surface area contributed by atoms with Crippen molar-refractivity contribution in [3.63, 3.8) is 0 Å². The molecule has 0 aliphatic carbocycles. The van der Waals surface area contributed by atoms with Crippen LogP contribution in [0.5, 0.6) is 0 Å². The summed E-state index contributed by atoms with van der Waals surface area (Å²) in [5, 5.41) is 9.96. The molecule has 0 bridgehead atoms. The molecule has 236 valence electrons. The summed E-state index contributed by atoms with van der Waals surface area (Å²) in [4.78, 5) is 5.26. The van der Waals surface area contributed by atoms with Crippen molar-refractivity contribution in [3.8, 4) is 33.4 Å². The number of nitrogens with zero attached hydrogens (tertiary/aromatic N) is 3. The topological polar surface area (TPSA) is 31.4 Å². The number of thiophene rings is 1. The Labute approximate surface area is 294 Å². The summed E-state index contributed by atoms with van der Waals surface area (Å²) < 4.78 is 4.93. The molecule has 0 spiro atoms. The maximum absolute atomic E-state index is 5.26. The quantitative estimate of drug-likeness (QED) is 0.177. The van der Waals surface area contributed by atoms with Crippen LogP contribution in [0, 0.1) is 0 Å². The largest absolute Gasteiger partial charge is 0.652 e. The molecule has 1 unspecified atom stereocenters. The first-order valence-electron chi connectivity index (χ1n) is 16.9. The molecule has 3 heterocycles. The predicted molar refractivity (Wildman–Crippen MR) is 213 cm³/mol. The van der Waals surface area contributed by atoms with Crippen LogP contribution < -0.4 is 0 Å². The average Bonchev–Trinajstić information content (AvgIpc) is 3.74. The van der Waals surface area contributed by atoms with Gasteiger partial charge in [-0.25, -0.2) is 0 Å². The zero-order valence-corrected chi connectivity index (χ0v) is 27.9. The van der Waals surface area contributed by atoms with Crippen molar-refractivity contribution >= 4 is 59.0 Å². The van der Waals surface area contributed by atoms with E-state index in [1.165, 1.54) is 64.3 Å². The van der Waals surface area contributed by atoms with Crippen LogP contribution in [0.15, 0.2) is 181 Å². The first kappa shape index (κ1) is 28.8. The van der Waals surface area contributed by atoms with Gasteiger partial charge in [-0.15, -0.1) is 11.3 Å². The second kappa shape index (κ2) is 11.7. The number of fused-ring (bicyclic) bond motifs is 6. The molecule has 0 radical (unpaired) electrons. The van der Waals surface area contributed by atoms with Crippen molar-refractivity contribution in [3.05, 3.63) is 187 Å². The lowest BCUT2D eigenvalue weighted by atomic mass is 9.98. The highest BCUT2D eigenvalue weighted by atomic mass is 32.1. The van der Waals surface area contributed by atoms with E-state index >= 15 is 0 Å². The summed E-state index contributed by atoms with van der Waals surface area (Å²) in [7, 11) is 0. The van der Waals surface area contributed by atoms with Crippen LogP contribution in [-0.4, -0.2) is 10.3 Å². The van der Waals surface area contributed by atoms with Crippen molar-refractivity contribution in [2.24, 2.45) is 4.99 Å². The molecule has 3 nitrogen and oxygen atoms in total. The monoisotopic (exact) mass is 656 g/mol. The summed E-state index contributed by atoms with van der Waals surface area (Å²) in [6, 6.07) is 58.8. The van der Waals surface area contributed by atoms with Gasteiger partial charge in [0.05, 0.1) is 17.5 Å². The van der Waals surface area contributed by atoms with Crippen molar-refractivity contribution in [1.82, 2.24) is 4.57 Å². The zero-order chi connectivity index (χ0) is 33.0.